The summed E-state index contributed by atoms with van der Waals surface area (Å²) in [6.07, 6.45) is 0. The van der Waals surface area contributed by atoms with Crippen molar-refractivity contribution < 1.29 is 5.11 Å². The first-order valence-electron chi connectivity index (χ1n) is 7.07. The lowest BCUT2D eigenvalue weighted by molar-refractivity contribution is 0.184. The first kappa shape index (κ1) is 14.2. The van der Waals surface area contributed by atoms with Crippen LogP contribution in [0.4, 0.5) is 0 Å². The van der Waals surface area contributed by atoms with Crippen molar-refractivity contribution in [3.05, 3.63) is 65.2 Å². The van der Waals surface area contributed by atoms with Gasteiger partial charge in [-0.1, -0.05) is 42.5 Å². The summed E-state index contributed by atoms with van der Waals surface area (Å²) >= 11 is 1.73. The fourth-order valence-corrected chi connectivity index (χ4v) is 3.39. The molecule has 2 aromatic carbocycles. The van der Waals surface area contributed by atoms with Crippen LogP contribution in [0.15, 0.2) is 54.6 Å². The number of hydrogen-bond acceptors (Lipinski definition) is 4. The number of aliphatic hydroxyl groups excluding tert-OH is 1. The number of benzene rings is 2. The quantitative estimate of drug-likeness (QED) is 0.758. The van der Waals surface area contributed by atoms with Gasteiger partial charge in [0.25, 0.3) is 0 Å². The Morgan fingerprint density at radius 1 is 0.952 bits per heavy atom. The van der Waals surface area contributed by atoms with Crippen LogP contribution in [0, 0.1) is 0 Å². The molecule has 0 saturated carbocycles. The molecule has 0 aliphatic rings. The van der Waals surface area contributed by atoms with Gasteiger partial charge >= 0.3 is 0 Å². The van der Waals surface area contributed by atoms with Crippen LogP contribution >= 0.6 is 11.3 Å². The van der Waals surface area contributed by atoms with Gasteiger partial charge in [0.05, 0.1) is 23.4 Å². The summed E-state index contributed by atoms with van der Waals surface area (Å²) in [5, 5.41) is 10.4. The molecule has 3 rings (SSSR count). The number of para-hydroxylation sites is 1. The highest BCUT2D eigenvalue weighted by molar-refractivity contribution is 7.18. The van der Waals surface area contributed by atoms with Gasteiger partial charge in [-0.3, -0.25) is 4.90 Å². The van der Waals surface area contributed by atoms with Gasteiger partial charge in [-0.2, -0.15) is 0 Å². The molecule has 0 spiro atoms. The van der Waals surface area contributed by atoms with Crippen molar-refractivity contribution >= 4 is 21.6 Å². The maximum absolute atomic E-state index is 9.27. The fraction of sp³-hybridized carbons (Fsp3) is 0.235. The minimum absolute atomic E-state index is 0.164. The van der Waals surface area contributed by atoms with Crippen LogP contribution in [0.25, 0.3) is 10.2 Å². The van der Waals surface area contributed by atoms with Crippen molar-refractivity contribution in [2.75, 3.05) is 13.2 Å². The van der Waals surface area contributed by atoms with Crippen LogP contribution in [-0.2, 0) is 13.1 Å². The van der Waals surface area contributed by atoms with Crippen molar-refractivity contribution in [2.45, 2.75) is 13.1 Å². The van der Waals surface area contributed by atoms with Crippen LogP contribution in [0.1, 0.15) is 10.6 Å². The highest BCUT2D eigenvalue weighted by Crippen LogP contribution is 2.23. The number of aromatic nitrogens is 1. The molecule has 0 fully saturated rings. The summed E-state index contributed by atoms with van der Waals surface area (Å²) < 4.78 is 1.22. The molecule has 0 bridgehead atoms. The molecular formula is C17H18N2OS. The lowest BCUT2D eigenvalue weighted by atomic mass is 10.2. The zero-order valence-corrected chi connectivity index (χ0v) is 12.6. The van der Waals surface area contributed by atoms with Gasteiger partial charge in [0.1, 0.15) is 5.01 Å². The Hall–Kier alpha value is -1.75. The van der Waals surface area contributed by atoms with Gasteiger partial charge in [-0.25, -0.2) is 4.98 Å². The van der Waals surface area contributed by atoms with Crippen molar-refractivity contribution in [3.63, 3.8) is 0 Å². The topological polar surface area (TPSA) is 36.4 Å². The molecule has 1 aromatic heterocycles. The summed E-state index contributed by atoms with van der Waals surface area (Å²) in [7, 11) is 0. The molecule has 3 nitrogen and oxygen atoms in total. The van der Waals surface area contributed by atoms with Crippen molar-refractivity contribution in [1.82, 2.24) is 9.88 Å². The van der Waals surface area contributed by atoms with Crippen molar-refractivity contribution in [2.24, 2.45) is 0 Å². The lowest BCUT2D eigenvalue weighted by Gasteiger charge is -2.20. The Labute approximate surface area is 128 Å². The van der Waals surface area contributed by atoms with Crippen molar-refractivity contribution in [3.8, 4) is 0 Å². The summed E-state index contributed by atoms with van der Waals surface area (Å²) in [4.78, 5) is 6.90. The second kappa shape index (κ2) is 6.80. The van der Waals surface area contributed by atoms with Gasteiger partial charge in [0.2, 0.25) is 0 Å². The summed E-state index contributed by atoms with van der Waals surface area (Å²) in [6.45, 7) is 2.43. The Morgan fingerprint density at radius 2 is 1.71 bits per heavy atom. The van der Waals surface area contributed by atoms with Gasteiger partial charge < -0.3 is 5.11 Å². The first-order chi connectivity index (χ1) is 10.3. The van der Waals surface area contributed by atoms with E-state index < -0.39 is 0 Å². The van der Waals surface area contributed by atoms with Gasteiger partial charge in [-0.05, 0) is 17.7 Å². The van der Waals surface area contributed by atoms with E-state index in [4.69, 9.17) is 0 Å². The van der Waals surface area contributed by atoms with Crippen molar-refractivity contribution in [1.29, 1.82) is 0 Å². The second-order valence-electron chi connectivity index (χ2n) is 5.00. The van der Waals surface area contributed by atoms with E-state index in [9.17, 15) is 5.11 Å². The normalized spacial score (nSPS) is 11.3. The van der Waals surface area contributed by atoms with Crippen LogP contribution in [0.5, 0.6) is 0 Å². The predicted octanol–water partition coefficient (Wildman–Crippen LogP) is 3.29. The SMILES string of the molecule is OCCN(Cc1ccccc1)Cc1nc2ccccc2s1. The third kappa shape index (κ3) is 3.67. The molecule has 0 atom stereocenters. The van der Waals surface area contributed by atoms with Crippen LogP contribution < -0.4 is 0 Å². The predicted molar refractivity (Wildman–Crippen MR) is 87.3 cm³/mol. The molecule has 1 N–H and O–H groups in total. The van der Waals surface area contributed by atoms with Gasteiger partial charge in [0.15, 0.2) is 0 Å². The highest BCUT2D eigenvalue weighted by atomic mass is 32.1. The average Bonchev–Trinajstić information content (AvgIpc) is 2.90. The maximum Gasteiger partial charge on any atom is 0.108 e. The summed E-state index contributed by atoms with van der Waals surface area (Å²) in [5.41, 5.74) is 2.31. The molecule has 0 amide bonds. The van der Waals surface area contributed by atoms with E-state index in [0.29, 0.717) is 6.54 Å². The third-order valence-corrected chi connectivity index (χ3v) is 4.38. The van der Waals surface area contributed by atoms with Crippen LogP contribution in [0.2, 0.25) is 0 Å². The fourth-order valence-electron chi connectivity index (χ4n) is 2.38. The molecular weight excluding hydrogens is 280 g/mol. The second-order valence-corrected chi connectivity index (χ2v) is 6.11. The highest BCUT2D eigenvalue weighted by Gasteiger charge is 2.10. The molecule has 0 aliphatic carbocycles. The number of hydrogen-bond donors (Lipinski definition) is 1. The molecule has 108 valence electrons. The molecule has 0 aliphatic heterocycles. The van der Waals surface area contributed by atoms with E-state index in [-0.39, 0.29) is 6.61 Å². The van der Waals surface area contributed by atoms with E-state index in [1.165, 1.54) is 10.3 Å². The van der Waals surface area contributed by atoms with Crippen LogP contribution in [-0.4, -0.2) is 28.1 Å². The number of fused-ring (bicyclic) bond motifs is 1. The lowest BCUT2D eigenvalue weighted by Crippen LogP contribution is -2.25. The minimum atomic E-state index is 0.164. The summed E-state index contributed by atoms with van der Waals surface area (Å²) in [6, 6.07) is 18.5. The number of thiazole rings is 1. The molecule has 0 saturated heterocycles. The molecule has 0 unspecified atom stereocenters. The molecule has 0 radical (unpaired) electrons. The van der Waals surface area contributed by atoms with Gasteiger partial charge in [0, 0.05) is 13.1 Å². The van der Waals surface area contributed by atoms with Gasteiger partial charge in [-0.15, -0.1) is 11.3 Å². The Bertz CT molecular complexity index is 663. The first-order valence-corrected chi connectivity index (χ1v) is 7.88. The largest absolute Gasteiger partial charge is 0.395 e. The average molecular weight is 298 g/mol. The van der Waals surface area contributed by atoms with E-state index in [1.54, 1.807) is 11.3 Å². The van der Waals surface area contributed by atoms with E-state index in [1.807, 2.05) is 36.4 Å². The maximum atomic E-state index is 9.27. The Balaban J connectivity index is 1.75. The Kier molecular flexibility index (Phi) is 4.60. The zero-order chi connectivity index (χ0) is 14.5. The standard InChI is InChI=1S/C17H18N2OS/c20-11-10-19(12-14-6-2-1-3-7-14)13-17-18-15-8-4-5-9-16(15)21-17/h1-9,20H,10-13H2. The number of rotatable bonds is 6. The molecule has 21 heavy (non-hydrogen) atoms. The van der Waals surface area contributed by atoms with E-state index >= 15 is 0 Å². The molecule has 1 heterocycles. The van der Waals surface area contributed by atoms with E-state index in [0.717, 1.165) is 23.6 Å². The number of aliphatic hydroxyl groups is 1. The molecule has 4 heteroatoms. The summed E-state index contributed by atoms with van der Waals surface area (Å²) in [5.74, 6) is 0. The zero-order valence-electron chi connectivity index (χ0n) is 11.8. The third-order valence-electron chi connectivity index (χ3n) is 3.36. The minimum Gasteiger partial charge on any atom is -0.395 e. The monoisotopic (exact) mass is 298 g/mol. The smallest absolute Gasteiger partial charge is 0.108 e. The number of nitrogens with zero attached hydrogens (tertiary/aromatic N) is 2. The van der Waals surface area contributed by atoms with Crippen LogP contribution in [0.3, 0.4) is 0 Å². The van der Waals surface area contributed by atoms with E-state index in [2.05, 4.69) is 28.1 Å². The molecule has 3 aromatic rings. The Morgan fingerprint density at radius 3 is 2.48 bits per heavy atom.